The van der Waals surface area contributed by atoms with E-state index in [0.29, 0.717) is 5.02 Å². The molecule has 0 spiro atoms. The van der Waals surface area contributed by atoms with E-state index in [1.54, 1.807) is 11.3 Å². The van der Waals surface area contributed by atoms with Crippen LogP contribution in [0.3, 0.4) is 0 Å². The van der Waals surface area contributed by atoms with Crippen LogP contribution in [0, 0.1) is 0 Å². The Hall–Kier alpha value is -1.14. The predicted octanol–water partition coefficient (Wildman–Crippen LogP) is 1.91. The maximum absolute atomic E-state index is 12.2. The molecule has 2 N–H and O–H groups in total. The van der Waals surface area contributed by atoms with Gasteiger partial charge in [0.25, 0.3) is 0 Å². The molecule has 0 radical (unpaired) electrons. The fraction of sp³-hybridized carbons (Fsp3) is 0.357. The number of fused-ring (bicyclic) bond motifs is 1. The first-order chi connectivity index (χ1) is 9.65. The van der Waals surface area contributed by atoms with E-state index in [9.17, 15) is 4.79 Å². The van der Waals surface area contributed by atoms with Crippen LogP contribution in [-0.4, -0.2) is 47.3 Å². The van der Waals surface area contributed by atoms with Crippen LogP contribution in [0.2, 0.25) is 5.02 Å². The van der Waals surface area contributed by atoms with Crippen molar-refractivity contribution in [3.05, 3.63) is 34.2 Å². The number of aliphatic hydroxyl groups is 2. The molecule has 0 fully saturated rings. The van der Waals surface area contributed by atoms with Crippen molar-refractivity contribution >= 4 is 38.9 Å². The summed E-state index contributed by atoms with van der Waals surface area (Å²) in [6.07, 6.45) is 0.250. The third kappa shape index (κ3) is 3.49. The second-order valence-electron chi connectivity index (χ2n) is 4.41. The zero-order valence-electron chi connectivity index (χ0n) is 10.9. The molecule has 0 aliphatic heterocycles. The van der Waals surface area contributed by atoms with Gasteiger partial charge in [-0.2, -0.15) is 0 Å². The Morgan fingerprint density at radius 2 is 1.95 bits per heavy atom. The molecule has 2 rings (SSSR count). The highest BCUT2D eigenvalue weighted by atomic mass is 35.5. The molecule has 0 saturated carbocycles. The van der Waals surface area contributed by atoms with E-state index in [1.807, 2.05) is 23.6 Å². The fourth-order valence-electron chi connectivity index (χ4n) is 2.07. The molecule has 108 valence electrons. The number of thiophene rings is 1. The third-order valence-electron chi connectivity index (χ3n) is 3.05. The van der Waals surface area contributed by atoms with Crippen LogP contribution in [0.5, 0.6) is 0 Å². The highest BCUT2D eigenvalue weighted by Gasteiger charge is 2.15. The van der Waals surface area contributed by atoms with Gasteiger partial charge in [0.2, 0.25) is 5.91 Å². The average Bonchev–Trinajstić information content (AvgIpc) is 2.81. The van der Waals surface area contributed by atoms with Gasteiger partial charge in [0.15, 0.2) is 0 Å². The Bertz CT molecular complexity index is 593. The van der Waals surface area contributed by atoms with E-state index in [1.165, 1.54) is 4.90 Å². The minimum Gasteiger partial charge on any atom is -0.395 e. The Balaban J connectivity index is 2.18. The van der Waals surface area contributed by atoms with Gasteiger partial charge in [-0.25, -0.2) is 0 Å². The highest BCUT2D eigenvalue weighted by Crippen LogP contribution is 2.29. The van der Waals surface area contributed by atoms with Gasteiger partial charge in [-0.1, -0.05) is 11.6 Å². The normalized spacial score (nSPS) is 10.9. The lowest BCUT2D eigenvalue weighted by Gasteiger charge is -2.20. The second kappa shape index (κ2) is 7.04. The van der Waals surface area contributed by atoms with E-state index in [2.05, 4.69) is 0 Å². The van der Waals surface area contributed by atoms with E-state index < -0.39 is 0 Å². The van der Waals surface area contributed by atoms with Gasteiger partial charge in [0.1, 0.15) is 0 Å². The summed E-state index contributed by atoms with van der Waals surface area (Å²) in [6.45, 7) is 0.258. The standard InChI is InChI=1S/C14H16ClNO3S/c15-11-1-2-13-12(8-11)10(9-20-13)7-14(19)16(3-5-17)4-6-18/h1-2,8-9,17-18H,3-7H2. The second-order valence-corrected chi connectivity index (χ2v) is 5.75. The molecule has 4 nitrogen and oxygen atoms in total. The maximum atomic E-state index is 12.2. The topological polar surface area (TPSA) is 60.8 Å². The Labute approximate surface area is 126 Å². The number of carbonyl (C=O) groups is 1. The molecular formula is C14H16ClNO3S. The Morgan fingerprint density at radius 3 is 2.60 bits per heavy atom. The van der Waals surface area contributed by atoms with Crippen LogP contribution < -0.4 is 0 Å². The van der Waals surface area contributed by atoms with Gasteiger partial charge < -0.3 is 15.1 Å². The number of amides is 1. The largest absolute Gasteiger partial charge is 0.395 e. The number of aliphatic hydroxyl groups excluding tert-OH is 2. The van der Waals surface area contributed by atoms with Crippen LogP contribution in [0.1, 0.15) is 5.56 Å². The molecule has 0 aliphatic carbocycles. The lowest BCUT2D eigenvalue weighted by molar-refractivity contribution is -0.131. The van der Waals surface area contributed by atoms with Crippen molar-refractivity contribution < 1.29 is 15.0 Å². The summed E-state index contributed by atoms with van der Waals surface area (Å²) >= 11 is 7.56. The molecule has 6 heteroatoms. The first kappa shape index (κ1) is 15.3. The highest BCUT2D eigenvalue weighted by molar-refractivity contribution is 7.17. The van der Waals surface area contributed by atoms with E-state index in [-0.39, 0.29) is 38.6 Å². The zero-order chi connectivity index (χ0) is 14.5. The van der Waals surface area contributed by atoms with Crippen molar-refractivity contribution in [2.24, 2.45) is 0 Å². The Kier molecular flexibility index (Phi) is 5.37. The quantitative estimate of drug-likeness (QED) is 0.856. The van der Waals surface area contributed by atoms with E-state index in [0.717, 1.165) is 15.6 Å². The van der Waals surface area contributed by atoms with Crippen LogP contribution in [0.25, 0.3) is 10.1 Å². The fourth-order valence-corrected chi connectivity index (χ4v) is 3.18. The number of nitrogens with zero attached hydrogens (tertiary/aromatic N) is 1. The summed E-state index contributed by atoms with van der Waals surface area (Å²) in [5.74, 6) is -0.104. The average molecular weight is 314 g/mol. The molecule has 0 aliphatic rings. The summed E-state index contributed by atoms with van der Waals surface area (Å²) in [5, 5.41) is 21.5. The maximum Gasteiger partial charge on any atom is 0.227 e. The van der Waals surface area contributed by atoms with E-state index >= 15 is 0 Å². The van der Waals surface area contributed by atoms with Crippen LogP contribution in [0.4, 0.5) is 0 Å². The zero-order valence-corrected chi connectivity index (χ0v) is 12.5. The summed E-state index contributed by atoms with van der Waals surface area (Å²) < 4.78 is 1.09. The molecule has 0 bridgehead atoms. The van der Waals surface area contributed by atoms with Gasteiger partial charge in [0, 0.05) is 22.8 Å². The monoisotopic (exact) mass is 313 g/mol. The first-order valence-electron chi connectivity index (χ1n) is 6.31. The number of halogens is 1. The number of hydrogen-bond acceptors (Lipinski definition) is 4. The molecule has 0 saturated heterocycles. The molecule has 0 atom stereocenters. The van der Waals surface area contributed by atoms with Gasteiger partial charge >= 0.3 is 0 Å². The number of carbonyl (C=O) groups excluding carboxylic acids is 1. The molecule has 1 heterocycles. The van der Waals surface area contributed by atoms with Crippen molar-refractivity contribution in [2.45, 2.75) is 6.42 Å². The van der Waals surface area contributed by atoms with Crippen molar-refractivity contribution in [1.29, 1.82) is 0 Å². The molecule has 0 unspecified atom stereocenters. The van der Waals surface area contributed by atoms with Crippen LogP contribution >= 0.6 is 22.9 Å². The van der Waals surface area contributed by atoms with Crippen LogP contribution in [-0.2, 0) is 11.2 Å². The van der Waals surface area contributed by atoms with Crippen molar-refractivity contribution in [2.75, 3.05) is 26.3 Å². The lowest BCUT2D eigenvalue weighted by atomic mass is 10.1. The molecular weight excluding hydrogens is 298 g/mol. The summed E-state index contributed by atoms with van der Waals surface area (Å²) in [5.41, 5.74) is 0.929. The SMILES string of the molecule is O=C(Cc1csc2ccc(Cl)cc12)N(CCO)CCO. The van der Waals surface area contributed by atoms with Crippen molar-refractivity contribution in [1.82, 2.24) is 4.90 Å². The van der Waals surface area contributed by atoms with Gasteiger partial charge in [-0.3, -0.25) is 4.79 Å². The number of rotatable bonds is 6. The molecule has 1 aromatic heterocycles. The minimum absolute atomic E-state index is 0.104. The van der Waals surface area contributed by atoms with Crippen LogP contribution in [0.15, 0.2) is 23.6 Å². The smallest absolute Gasteiger partial charge is 0.227 e. The van der Waals surface area contributed by atoms with Gasteiger partial charge in [-0.15, -0.1) is 11.3 Å². The van der Waals surface area contributed by atoms with Gasteiger partial charge in [0.05, 0.1) is 19.6 Å². The van der Waals surface area contributed by atoms with Gasteiger partial charge in [-0.05, 0) is 34.5 Å². The first-order valence-corrected chi connectivity index (χ1v) is 7.56. The van der Waals surface area contributed by atoms with E-state index in [4.69, 9.17) is 21.8 Å². The Morgan fingerprint density at radius 1 is 1.25 bits per heavy atom. The number of benzene rings is 1. The van der Waals surface area contributed by atoms with Crippen molar-refractivity contribution in [3.63, 3.8) is 0 Å². The molecule has 1 amide bonds. The molecule has 20 heavy (non-hydrogen) atoms. The minimum atomic E-state index is -0.109. The summed E-state index contributed by atoms with van der Waals surface area (Å²) in [7, 11) is 0. The summed E-state index contributed by atoms with van der Waals surface area (Å²) in [4.78, 5) is 13.7. The lowest BCUT2D eigenvalue weighted by Crippen LogP contribution is -2.36. The molecule has 2 aromatic rings. The van der Waals surface area contributed by atoms with Crippen molar-refractivity contribution in [3.8, 4) is 0 Å². The summed E-state index contributed by atoms with van der Waals surface area (Å²) in [6, 6.07) is 5.63. The number of hydrogen-bond donors (Lipinski definition) is 2. The third-order valence-corrected chi connectivity index (χ3v) is 4.30. The predicted molar refractivity (Wildman–Crippen MR) is 81.3 cm³/mol. The molecule has 1 aromatic carbocycles.